The van der Waals surface area contributed by atoms with Crippen molar-refractivity contribution >= 4 is 5.78 Å². The summed E-state index contributed by atoms with van der Waals surface area (Å²) in [5.74, 6) is 1.90. The van der Waals surface area contributed by atoms with Gasteiger partial charge in [-0.15, -0.1) is 0 Å². The fourth-order valence-electron chi connectivity index (χ4n) is 2.50. The van der Waals surface area contributed by atoms with E-state index in [2.05, 4.69) is 0 Å². The summed E-state index contributed by atoms with van der Waals surface area (Å²) < 4.78 is 15.9. The van der Waals surface area contributed by atoms with Gasteiger partial charge in [0.1, 0.15) is 12.4 Å². The third kappa shape index (κ3) is 5.50. The van der Waals surface area contributed by atoms with Crippen molar-refractivity contribution in [2.45, 2.75) is 25.9 Å². The molecule has 0 bridgehead atoms. The second kappa shape index (κ2) is 9.08. The molecule has 1 unspecified atom stereocenters. The van der Waals surface area contributed by atoms with E-state index in [0.29, 0.717) is 30.1 Å². The minimum atomic E-state index is -0.617. The lowest BCUT2D eigenvalue weighted by molar-refractivity contribution is -0.118. The van der Waals surface area contributed by atoms with Gasteiger partial charge in [0.05, 0.1) is 20.3 Å². The lowest BCUT2D eigenvalue weighted by Crippen LogP contribution is -2.07. The molecule has 2 aromatic carbocycles. The van der Waals surface area contributed by atoms with Gasteiger partial charge in [-0.1, -0.05) is 18.2 Å². The average Bonchev–Trinajstić information content (AvgIpc) is 2.64. The van der Waals surface area contributed by atoms with Crippen LogP contribution in [-0.2, 0) is 11.2 Å². The third-order valence-corrected chi connectivity index (χ3v) is 3.84. The molecule has 134 valence electrons. The Morgan fingerprint density at radius 3 is 2.52 bits per heavy atom. The van der Waals surface area contributed by atoms with Gasteiger partial charge in [-0.2, -0.15) is 0 Å². The second-order valence-corrected chi connectivity index (χ2v) is 5.81. The summed E-state index contributed by atoms with van der Waals surface area (Å²) in [4.78, 5) is 11.0. The molecule has 0 heterocycles. The SMILES string of the molecule is COc1ccc(CCC(O)c2cccc(OCC(C)=O)c2)cc1OC. The van der Waals surface area contributed by atoms with Crippen molar-refractivity contribution in [2.75, 3.05) is 20.8 Å². The number of Topliss-reactive ketones (excluding diaryl/α,β-unsaturated/α-hetero) is 1. The Bertz CT molecular complexity index is 711. The van der Waals surface area contributed by atoms with Gasteiger partial charge in [-0.25, -0.2) is 0 Å². The van der Waals surface area contributed by atoms with Crippen molar-refractivity contribution in [1.29, 1.82) is 0 Å². The summed E-state index contributed by atoms with van der Waals surface area (Å²) >= 11 is 0. The van der Waals surface area contributed by atoms with Crippen molar-refractivity contribution in [1.82, 2.24) is 0 Å². The topological polar surface area (TPSA) is 65.0 Å². The first kappa shape index (κ1) is 18.8. The summed E-state index contributed by atoms with van der Waals surface area (Å²) in [5.41, 5.74) is 1.82. The normalized spacial score (nSPS) is 11.7. The van der Waals surface area contributed by atoms with Crippen LogP contribution in [0.4, 0.5) is 0 Å². The van der Waals surface area contributed by atoms with Gasteiger partial charge in [0.2, 0.25) is 0 Å². The summed E-state index contributed by atoms with van der Waals surface area (Å²) in [6.45, 7) is 1.51. The predicted molar refractivity (Wildman–Crippen MR) is 95.4 cm³/mol. The summed E-state index contributed by atoms with van der Waals surface area (Å²) in [5, 5.41) is 10.4. The Morgan fingerprint density at radius 1 is 1.08 bits per heavy atom. The smallest absolute Gasteiger partial charge is 0.167 e. The number of methoxy groups -OCH3 is 2. The highest BCUT2D eigenvalue weighted by Crippen LogP contribution is 2.29. The maximum atomic E-state index is 11.0. The summed E-state index contributed by atoms with van der Waals surface area (Å²) in [7, 11) is 3.20. The van der Waals surface area contributed by atoms with Crippen LogP contribution >= 0.6 is 0 Å². The number of ketones is 1. The van der Waals surface area contributed by atoms with E-state index in [4.69, 9.17) is 14.2 Å². The minimum absolute atomic E-state index is 0.0329. The van der Waals surface area contributed by atoms with Gasteiger partial charge in [-0.05, 0) is 55.2 Å². The van der Waals surface area contributed by atoms with E-state index in [1.54, 1.807) is 26.4 Å². The predicted octanol–water partition coefficient (Wildman–Crippen LogP) is 3.34. The van der Waals surface area contributed by atoms with Crippen molar-refractivity contribution in [3.8, 4) is 17.2 Å². The zero-order valence-electron chi connectivity index (χ0n) is 14.8. The van der Waals surface area contributed by atoms with Crippen LogP contribution in [-0.4, -0.2) is 31.7 Å². The van der Waals surface area contributed by atoms with Crippen LogP contribution in [0.5, 0.6) is 17.2 Å². The molecule has 2 aromatic rings. The van der Waals surface area contributed by atoms with Gasteiger partial charge in [0.25, 0.3) is 0 Å². The van der Waals surface area contributed by atoms with Crippen LogP contribution in [0, 0.1) is 0 Å². The molecule has 0 aromatic heterocycles. The molecular formula is C20H24O5. The third-order valence-electron chi connectivity index (χ3n) is 3.84. The highest BCUT2D eigenvalue weighted by atomic mass is 16.5. The Morgan fingerprint density at radius 2 is 1.84 bits per heavy atom. The summed E-state index contributed by atoms with van der Waals surface area (Å²) in [6.07, 6.45) is 0.639. The fourth-order valence-corrected chi connectivity index (χ4v) is 2.50. The highest BCUT2D eigenvalue weighted by molar-refractivity contribution is 5.77. The van der Waals surface area contributed by atoms with Crippen LogP contribution in [0.25, 0.3) is 0 Å². The maximum absolute atomic E-state index is 11.0. The lowest BCUT2D eigenvalue weighted by Gasteiger charge is -2.14. The Kier molecular flexibility index (Phi) is 6.83. The summed E-state index contributed by atoms with van der Waals surface area (Å²) in [6, 6.07) is 12.9. The van der Waals surface area contributed by atoms with Gasteiger partial charge in [-0.3, -0.25) is 4.79 Å². The van der Waals surface area contributed by atoms with E-state index in [-0.39, 0.29) is 12.4 Å². The van der Waals surface area contributed by atoms with E-state index in [0.717, 1.165) is 11.1 Å². The highest BCUT2D eigenvalue weighted by Gasteiger charge is 2.11. The van der Waals surface area contributed by atoms with Crippen LogP contribution < -0.4 is 14.2 Å². The minimum Gasteiger partial charge on any atom is -0.493 e. The van der Waals surface area contributed by atoms with Crippen molar-refractivity contribution in [3.63, 3.8) is 0 Å². The first-order chi connectivity index (χ1) is 12.0. The number of benzene rings is 2. The molecule has 25 heavy (non-hydrogen) atoms. The molecule has 0 aliphatic rings. The molecule has 1 N–H and O–H groups in total. The second-order valence-electron chi connectivity index (χ2n) is 5.81. The molecule has 0 saturated heterocycles. The number of aryl methyl sites for hydroxylation is 1. The molecular weight excluding hydrogens is 320 g/mol. The molecule has 0 radical (unpaired) electrons. The zero-order chi connectivity index (χ0) is 18.2. The van der Waals surface area contributed by atoms with Gasteiger partial charge < -0.3 is 19.3 Å². The number of rotatable bonds is 9. The van der Waals surface area contributed by atoms with Crippen molar-refractivity contribution in [3.05, 3.63) is 53.6 Å². The van der Waals surface area contributed by atoms with Gasteiger partial charge in [0.15, 0.2) is 17.3 Å². The van der Waals surface area contributed by atoms with Gasteiger partial charge >= 0.3 is 0 Å². The molecule has 2 rings (SSSR count). The first-order valence-electron chi connectivity index (χ1n) is 8.14. The van der Waals surface area contributed by atoms with Crippen molar-refractivity contribution in [2.24, 2.45) is 0 Å². The van der Waals surface area contributed by atoms with E-state index in [1.165, 1.54) is 6.92 Å². The van der Waals surface area contributed by atoms with Crippen molar-refractivity contribution < 1.29 is 24.1 Å². The average molecular weight is 344 g/mol. The number of ether oxygens (including phenoxy) is 3. The Labute approximate surface area is 148 Å². The van der Waals surface area contributed by atoms with Crippen LogP contribution in [0.2, 0.25) is 0 Å². The zero-order valence-corrected chi connectivity index (χ0v) is 14.8. The number of carbonyl (C=O) groups excluding carboxylic acids is 1. The Hall–Kier alpha value is -2.53. The van der Waals surface area contributed by atoms with E-state index in [1.807, 2.05) is 30.3 Å². The number of hydrogen-bond acceptors (Lipinski definition) is 5. The molecule has 0 aliphatic heterocycles. The molecule has 1 atom stereocenters. The van der Waals surface area contributed by atoms with E-state index >= 15 is 0 Å². The molecule has 0 spiro atoms. The number of carbonyl (C=O) groups is 1. The monoisotopic (exact) mass is 344 g/mol. The van der Waals surface area contributed by atoms with Crippen LogP contribution in [0.15, 0.2) is 42.5 Å². The molecule has 0 saturated carbocycles. The van der Waals surface area contributed by atoms with E-state index in [9.17, 15) is 9.90 Å². The molecule has 0 fully saturated rings. The molecule has 0 amide bonds. The van der Waals surface area contributed by atoms with E-state index < -0.39 is 6.10 Å². The quantitative estimate of drug-likeness (QED) is 0.756. The van der Waals surface area contributed by atoms with Crippen LogP contribution in [0.1, 0.15) is 30.6 Å². The lowest BCUT2D eigenvalue weighted by atomic mass is 10.0. The Balaban J connectivity index is 1.99. The largest absolute Gasteiger partial charge is 0.493 e. The maximum Gasteiger partial charge on any atom is 0.167 e. The van der Waals surface area contributed by atoms with Gasteiger partial charge in [0, 0.05) is 0 Å². The molecule has 5 heteroatoms. The number of aliphatic hydroxyl groups excluding tert-OH is 1. The molecule has 5 nitrogen and oxygen atoms in total. The number of hydrogen-bond donors (Lipinski definition) is 1. The number of aliphatic hydroxyl groups is 1. The first-order valence-corrected chi connectivity index (χ1v) is 8.14. The van der Waals surface area contributed by atoms with Crippen LogP contribution in [0.3, 0.4) is 0 Å². The standard InChI is InChI=1S/C20H24O5/c1-14(21)13-25-17-6-4-5-16(12-17)18(22)9-7-15-8-10-19(23-2)20(11-15)24-3/h4-6,8,10-12,18,22H,7,9,13H2,1-3H3. The molecule has 0 aliphatic carbocycles. The fraction of sp³-hybridized carbons (Fsp3) is 0.350.